The maximum Gasteiger partial charge on any atom is 0.312 e. The number of rotatable bonds is 5. The molecule has 132 valence electrons. The van der Waals surface area contributed by atoms with Crippen molar-refractivity contribution < 1.29 is 22.9 Å². The molecular formula is C14H19N3O6S. The number of methoxy groups -OCH3 is 1. The van der Waals surface area contributed by atoms with Gasteiger partial charge in [-0.05, 0) is 25.0 Å². The monoisotopic (exact) mass is 357 g/mol. The molecular weight excluding hydrogens is 338 g/mol. The second-order valence-corrected chi connectivity index (χ2v) is 7.21. The van der Waals surface area contributed by atoms with Crippen LogP contribution in [0.2, 0.25) is 0 Å². The lowest BCUT2D eigenvalue weighted by Crippen LogP contribution is -2.45. The summed E-state index contributed by atoms with van der Waals surface area (Å²) in [7, 11) is -2.62. The third-order valence-corrected chi connectivity index (χ3v) is 5.44. The maximum atomic E-state index is 12.4. The number of nitrogens with one attached hydrogen (secondary N) is 1. The number of sulfonamides is 1. The first kappa shape index (κ1) is 18.1. The molecule has 0 radical (unpaired) electrons. The van der Waals surface area contributed by atoms with Crippen molar-refractivity contribution in [2.45, 2.75) is 30.7 Å². The number of amides is 1. The molecule has 1 N–H and O–H groups in total. The van der Waals surface area contributed by atoms with Gasteiger partial charge in [0, 0.05) is 32.1 Å². The summed E-state index contributed by atoms with van der Waals surface area (Å²) in [6.07, 6.45) is 0.994. The Morgan fingerprint density at radius 2 is 2.00 bits per heavy atom. The Kier molecular flexibility index (Phi) is 5.40. The van der Waals surface area contributed by atoms with E-state index in [0.717, 1.165) is 6.07 Å². The summed E-state index contributed by atoms with van der Waals surface area (Å²) in [5.74, 6) is -0.0456. The van der Waals surface area contributed by atoms with E-state index in [1.165, 1.54) is 26.2 Å². The van der Waals surface area contributed by atoms with Gasteiger partial charge < -0.3 is 9.64 Å². The summed E-state index contributed by atoms with van der Waals surface area (Å²) in [6, 6.07) is 3.18. The number of benzene rings is 1. The van der Waals surface area contributed by atoms with E-state index < -0.39 is 20.6 Å². The van der Waals surface area contributed by atoms with E-state index in [4.69, 9.17) is 4.74 Å². The summed E-state index contributed by atoms with van der Waals surface area (Å²) >= 11 is 0. The topological polar surface area (TPSA) is 119 Å². The number of hydrogen-bond acceptors (Lipinski definition) is 6. The molecule has 1 fully saturated rings. The molecule has 0 spiro atoms. The molecule has 0 bridgehead atoms. The Morgan fingerprint density at radius 1 is 1.38 bits per heavy atom. The third kappa shape index (κ3) is 4.01. The molecule has 0 unspecified atom stereocenters. The molecule has 1 aliphatic rings. The molecule has 1 aromatic carbocycles. The van der Waals surface area contributed by atoms with Gasteiger partial charge in [0.25, 0.3) is 0 Å². The fourth-order valence-electron chi connectivity index (χ4n) is 2.58. The highest BCUT2D eigenvalue weighted by Gasteiger charge is 2.27. The van der Waals surface area contributed by atoms with Gasteiger partial charge in [-0.3, -0.25) is 14.9 Å². The first-order chi connectivity index (χ1) is 11.2. The van der Waals surface area contributed by atoms with Crippen LogP contribution in [0.15, 0.2) is 23.1 Å². The highest BCUT2D eigenvalue weighted by atomic mass is 32.2. The molecule has 0 atom stereocenters. The van der Waals surface area contributed by atoms with Gasteiger partial charge in [-0.1, -0.05) is 0 Å². The number of nitrogens with zero attached hydrogens (tertiary/aromatic N) is 2. The molecule has 0 saturated carbocycles. The molecule has 9 nitrogen and oxygen atoms in total. The molecule has 10 heteroatoms. The van der Waals surface area contributed by atoms with Crippen molar-refractivity contribution >= 4 is 21.6 Å². The third-order valence-electron chi connectivity index (χ3n) is 3.92. The minimum absolute atomic E-state index is 0.00582. The van der Waals surface area contributed by atoms with Crippen LogP contribution in [-0.4, -0.2) is 50.4 Å². The van der Waals surface area contributed by atoms with Gasteiger partial charge in [0.2, 0.25) is 15.9 Å². The number of carbonyl (C=O) groups is 1. The lowest BCUT2D eigenvalue weighted by atomic mass is 10.1. The van der Waals surface area contributed by atoms with Gasteiger partial charge in [-0.25, -0.2) is 13.1 Å². The highest BCUT2D eigenvalue weighted by molar-refractivity contribution is 7.89. The van der Waals surface area contributed by atoms with Gasteiger partial charge in [0.15, 0.2) is 5.75 Å². The Hall–Kier alpha value is -2.20. The Labute approximate surface area is 139 Å². The number of likely N-dealkylation sites (tertiary alicyclic amines) is 1. The molecule has 1 aromatic rings. The predicted molar refractivity (Wildman–Crippen MR) is 85.2 cm³/mol. The first-order valence-corrected chi connectivity index (χ1v) is 8.83. The standard InChI is InChI=1S/C14H19N3O6S/c1-10(18)16-7-5-11(6-8-16)15-24(21,22)12-3-4-14(23-2)13(9-12)17(19)20/h3-4,9,11,15H,5-8H2,1-2H3. The van der Waals surface area contributed by atoms with Crippen LogP contribution in [0, 0.1) is 10.1 Å². The van der Waals surface area contributed by atoms with Gasteiger partial charge >= 0.3 is 5.69 Å². The van der Waals surface area contributed by atoms with Crippen LogP contribution < -0.4 is 9.46 Å². The number of piperidine rings is 1. The Bertz CT molecular complexity index is 741. The number of nitro benzene ring substituents is 1. The van der Waals surface area contributed by atoms with Gasteiger partial charge in [-0.2, -0.15) is 0 Å². The summed E-state index contributed by atoms with van der Waals surface area (Å²) < 4.78 is 32.3. The Morgan fingerprint density at radius 3 is 2.50 bits per heavy atom. The second-order valence-electron chi connectivity index (χ2n) is 5.49. The molecule has 2 rings (SSSR count). The maximum absolute atomic E-state index is 12.4. The van der Waals surface area contributed by atoms with Crippen molar-refractivity contribution in [2.24, 2.45) is 0 Å². The predicted octanol–water partition coefficient (Wildman–Crippen LogP) is 0.893. The van der Waals surface area contributed by atoms with E-state index in [9.17, 15) is 23.3 Å². The number of hydrogen-bond donors (Lipinski definition) is 1. The lowest BCUT2D eigenvalue weighted by Gasteiger charge is -2.31. The van der Waals surface area contributed by atoms with Crippen LogP contribution >= 0.6 is 0 Å². The zero-order chi connectivity index (χ0) is 17.9. The van der Waals surface area contributed by atoms with Crippen LogP contribution in [-0.2, 0) is 14.8 Å². The lowest BCUT2D eigenvalue weighted by molar-refractivity contribution is -0.386. The van der Waals surface area contributed by atoms with Crippen molar-refractivity contribution in [2.75, 3.05) is 20.2 Å². The van der Waals surface area contributed by atoms with E-state index >= 15 is 0 Å². The van der Waals surface area contributed by atoms with Gasteiger partial charge in [-0.15, -0.1) is 0 Å². The normalized spacial score (nSPS) is 16.0. The van der Waals surface area contributed by atoms with Crippen molar-refractivity contribution in [1.29, 1.82) is 0 Å². The van der Waals surface area contributed by atoms with Crippen molar-refractivity contribution in [1.82, 2.24) is 9.62 Å². The zero-order valence-corrected chi connectivity index (χ0v) is 14.2. The minimum Gasteiger partial charge on any atom is -0.490 e. The number of carbonyl (C=O) groups excluding carboxylic acids is 1. The van der Waals surface area contributed by atoms with E-state index in [0.29, 0.717) is 25.9 Å². The van der Waals surface area contributed by atoms with Crippen molar-refractivity contribution in [3.05, 3.63) is 28.3 Å². The average Bonchev–Trinajstić information content (AvgIpc) is 2.54. The van der Waals surface area contributed by atoms with Crippen molar-refractivity contribution in [3.63, 3.8) is 0 Å². The molecule has 1 amide bonds. The smallest absolute Gasteiger partial charge is 0.312 e. The summed E-state index contributed by atoms with van der Waals surface area (Å²) in [5.41, 5.74) is -0.410. The molecule has 0 aliphatic carbocycles. The van der Waals surface area contributed by atoms with Gasteiger partial charge in [0.05, 0.1) is 16.9 Å². The van der Waals surface area contributed by atoms with E-state index in [-0.39, 0.29) is 22.6 Å². The van der Waals surface area contributed by atoms with E-state index in [1.54, 1.807) is 4.90 Å². The molecule has 1 aliphatic heterocycles. The average molecular weight is 357 g/mol. The minimum atomic E-state index is -3.89. The highest BCUT2D eigenvalue weighted by Crippen LogP contribution is 2.29. The van der Waals surface area contributed by atoms with Crippen LogP contribution in [0.1, 0.15) is 19.8 Å². The van der Waals surface area contributed by atoms with Crippen LogP contribution in [0.3, 0.4) is 0 Å². The fraction of sp³-hybridized carbons (Fsp3) is 0.500. The Balaban J connectivity index is 2.15. The van der Waals surface area contributed by atoms with E-state index in [2.05, 4.69) is 4.72 Å². The zero-order valence-electron chi connectivity index (χ0n) is 13.4. The molecule has 1 saturated heterocycles. The SMILES string of the molecule is COc1ccc(S(=O)(=O)NC2CCN(C(C)=O)CC2)cc1[N+](=O)[O-]. The quantitative estimate of drug-likeness (QED) is 0.617. The summed E-state index contributed by atoms with van der Waals surface area (Å²) in [6.45, 7) is 2.43. The van der Waals surface area contributed by atoms with Gasteiger partial charge in [0.1, 0.15) is 0 Å². The summed E-state index contributed by atoms with van der Waals surface area (Å²) in [4.78, 5) is 23.1. The molecule has 1 heterocycles. The van der Waals surface area contributed by atoms with Crippen molar-refractivity contribution in [3.8, 4) is 5.75 Å². The first-order valence-electron chi connectivity index (χ1n) is 7.35. The van der Waals surface area contributed by atoms with Crippen LogP contribution in [0.5, 0.6) is 5.75 Å². The van der Waals surface area contributed by atoms with Crippen LogP contribution in [0.25, 0.3) is 0 Å². The fourth-order valence-corrected chi connectivity index (χ4v) is 3.90. The molecule has 24 heavy (non-hydrogen) atoms. The summed E-state index contributed by atoms with van der Waals surface area (Å²) in [5, 5.41) is 11.0. The number of ether oxygens (including phenoxy) is 1. The number of nitro groups is 1. The van der Waals surface area contributed by atoms with Crippen LogP contribution in [0.4, 0.5) is 5.69 Å². The largest absolute Gasteiger partial charge is 0.490 e. The molecule has 0 aromatic heterocycles. The second kappa shape index (κ2) is 7.14. The van der Waals surface area contributed by atoms with E-state index in [1.807, 2.05) is 0 Å².